The third-order valence-corrected chi connectivity index (χ3v) is 2.88. The Morgan fingerprint density at radius 2 is 2.17 bits per heavy atom. The zero-order chi connectivity index (χ0) is 13.3. The highest BCUT2D eigenvalue weighted by Crippen LogP contribution is 2.34. The molecule has 1 aromatic rings. The van der Waals surface area contributed by atoms with Crippen molar-refractivity contribution in [2.75, 3.05) is 6.67 Å². The number of benzene rings is 1. The van der Waals surface area contributed by atoms with Crippen LogP contribution in [0.5, 0.6) is 5.75 Å². The summed E-state index contributed by atoms with van der Waals surface area (Å²) in [7, 11) is 0. The minimum atomic E-state index is -2.97. The van der Waals surface area contributed by atoms with Crippen molar-refractivity contribution in [1.82, 2.24) is 0 Å². The highest BCUT2D eigenvalue weighted by Gasteiger charge is 2.30. The van der Waals surface area contributed by atoms with Crippen molar-refractivity contribution in [2.45, 2.75) is 19.1 Å². The van der Waals surface area contributed by atoms with Crippen LogP contribution in [0.15, 0.2) is 16.6 Å². The normalized spacial score (nSPS) is 15.5. The molecule has 0 radical (unpaired) electrons. The first-order valence-corrected chi connectivity index (χ1v) is 5.82. The fraction of sp³-hybridized carbons (Fsp3) is 0.364. The number of alkyl halides is 3. The summed E-state index contributed by atoms with van der Waals surface area (Å²) in [6.07, 6.45) is -4.86. The maximum absolute atomic E-state index is 12.4. The minimum Gasteiger partial charge on any atom is -0.481 e. The highest BCUT2D eigenvalue weighted by atomic mass is 79.9. The maximum Gasteiger partial charge on any atom is 0.342 e. The van der Waals surface area contributed by atoms with E-state index in [2.05, 4.69) is 15.9 Å². The Morgan fingerprint density at radius 1 is 1.44 bits per heavy atom. The first-order chi connectivity index (χ1) is 8.52. The first-order valence-electron chi connectivity index (χ1n) is 5.03. The molecule has 0 bridgehead atoms. The van der Waals surface area contributed by atoms with E-state index < -0.39 is 25.2 Å². The molecule has 0 aliphatic carbocycles. The van der Waals surface area contributed by atoms with Crippen LogP contribution in [0.4, 0.5) is 13.2 Å². The van der Waals surface area contributed by atoms with E-state index in [0.717, 1.165) is 0 Å². The lowest BCUT2D eigenvalue weighted by Gasteiger charge is -2.16. The SMILES string of the molecule is O=C1OCc2cc(Br)cc(OC(CF)C(F)F)c21. The van der Waals surface area contributed by atoms with Crippen molar-refractivity contribution < 1.29 is 27.4 Å². The summed E-state index contributed by atoms with van der Waals surface area (Å²) in [5, 5.41) is 0. The van der Waals surface area contributed by atoms with Gasteiger partial charge < -0.3 is 9.47 Å². The van der Waals surface area contributed by atoms with Crippen molar-refractivity contribution in [2.24, 2.45) is 0 Å². The van der Waals surface area contributed by atoms with Gasteiger partial charge in [-0.1, -0.05) is 15.9 Å². The Labute approximate surface area is 109 Å². The number of carbonyl (C=O) groups is 1. The van der Waals surface area contributed by atoms with Gasteiger partial charge in [0.2, 0.25) is 0 Å². The third kappa shape index (κ3) is 2.45. The van der Waals surface area contributed by atoms with E-state index in [4.69, 9.17) is 9.47 Å². The van der Waals surface area contributed by atoms with Gasteiger partial charge in [0.15, 0.2) is 6.10 Å². The van der Waals surface area contributed by atoms with E-state index in [-0.39, 0.29) is 17.9 Å². The number of hydrogen-bond donors (Lipinski definition) is 0. The maximum atomic E-state index is 12.4. The van der Waals surface area contributed by atoms with Crippen LogP contribution in [0.3, 0.4) is 0 Å². The standard InChI is InChI=1S/C11H8BrF3O3/c12-6-1-5-4-17-11(16)9(5)7(2-6)18-8(3-13)10(14)15/h1-2,8,10H,3-4H2. The largest absolute Gasteiger partial charge is 0.481 e. The second-order valence-corrected chi connectivity index (χ2v) is 4.57. The van der Waals surface area contributed by atoms with Gasteiger partial charge in [0.05, 0.1) is 0 Å². The third-order valence-electron chi connectivity index (χ3n) is 2.42. The number of ether oxygens (including phenoxy) is 2. The van der Waals surface area contributed by atoms with Gasteiger partial charge in [-0.05, 0) is 12.1 Å². The Bertz CT molecular complexity index is 479. The van der Waals surface area contributed by atoms with E-state index in [1.165, 1.54) is 6.07 Å². The average molecular weight is 325 g/mol. The lowest BCUT2D eigenvalue weighted by molar-refractivity contribution is -0.00189. The van der Waals surface area contributed by atoms with Crippen LogP contribution in [0.25, 0.3) is 0 Å². The van der Waals surface area contributed by atoms with Crippen LogP contribution in [-0.4, -0.2) is 25.2 Å². The first kappa shape index (κ1) is 13.2. The van der Waals surface area contributed by atoms with Gasteiger partial charge in [-0.2, -0.15) is 0 Å². The van der Waals surface area contributed by atoms with Crippen LogP contribution in [0.1, 0.15) is 15.9 Å². The Balaban J connectivity index is 2.36. The van der Waals surface area contributed by atoms with Gasteiger partial charge in [-0.3, -0.25) is 0 Å². The number of carbonyl (C=O) groups excluding carboxylic acids is 1. The molecule has 0 fully saturated rings. The van der Waals surface area contributed by atoms with Crippen molar-refractivity contribution in [3.05, 3.63) is 27.7 Å². The molecule has 18 heavy (non-hydrogen) atoms. The summed E-state index contributed by atoms with van der Waals surface area (Å²) in [6, 6.07) is 2.97. The monoisotopic (exact) mass is 324 g/mol. The number of halogens is 4. The molecule has 1 aliphatic rings. The lowest BCUT2D eigenvalue weighted by atomic mass is 10.1. The summed E-state index contributed by atoms with van der Waals surface area (Å²) < 4.78 is 47.5. The summed E-state index contributed by atoms with van der Waals surface area (Å²) in [5.74, 6) is -0.746. The smallest absolute Gasteiger partial charge is 0.342 e. The Hall–Kier alpha value is -1.24. The zero-order valence-corrected chi connectivity index (χ0v) is 10.5. The molecule has 1 aromatic carbocycles. The molecule has 0 saturated heterocycles. The number of esters is 1. The number of fused-ring (bicyclic) bond motifs is 1. The van der Waals surface area contributed by atoms with Crippen LogP contribution in [-0.2, 0) is 11.3 Å². The summed E-state index contributed by atoms with van der Waals surface area (Å²) >= 11 is 3.16. The van der Waals surface area contributed by atoms with Crippen LogP contribution >= 0.6 is 15.9 Å². The topological polar surface area (TPSA) is 35.5 Å². The molecule has 0 N–H and O–H groups in total. The van der Waals surface area contributed by atoms with E-state index in [9.17, 15) is 18.0 Å². The van der Waals surface area contributed by atoms with Gasteiger partial charge in [0.25, 0.3) is 6.43 Å². The molecular weight excluding hydrogens is 317 g/mol. The number of cyclic esters (lactones) is 1. The average Bonchev–Trinajstić information content (AvgIpc) is 2.67. The van der Waals surface area contributed by atoms with E-state index in [1.807, 2.05) is 0 Å². The van der Waals surface area contributed by atoms with Crippen molar-refractivity contribution in [1.29, 1.82) is 0 Å². The van der Waals surface area contributed by atoms with Crippen LogP contribution < -0.4 is 4.74 Å². The molecule has 1 unspecified atom stereocenters. The molecular formula is C11H8BrF3O3. The molecule has 1 aliphatic heterocycles. The minimum absolute atomic E-state index is 0.0545. The van der Waals surface area contributed by atoms with Crippen LogP contribution in [0.2, 0.25) is 0 Å². The summed E-state index contributed by atoms with van der Waals surface area (Å²) in [4.78, 5) is 11.4. The second-order valence-electron chi connectivity index (χ2n) is 3.66. The van der Waals surface area contributed by atoms with E-state index >= 15 is 0 Å². The lowest BCUT2D eigenvalue weighted by Crippen LogP contribution is -2.28. The van der Waals surface area contributed by atoms with E-state index in [0.29, 0.717) is 10.0 Å². The van der Waals surface area contributed by atoms with Crippen molar-refractivity contribution >= 4 is 21.9 Å². The summed E-state index contributed by atoms with van der Waals surface area (Å²) in [6.45, 7) is -1.28. The molecule has 0 aromatic heterocycles. The van der Waals surface area contributed by atoms with Gasteiger partial charge in [-0.15, -0.1) is 0 Å². The fourth-order valence-electron chi connectivity index (χ4n) is 1.60. The van der Waals surface area contributed by atoms with Crippen molar-refractivity contribution in [3.63, 3.8) is 0 Å². The summed E-state index contributed by atoms with van der Waals surface area (Å²) in [5.41, 5.74) is 0.605. The second kappa shape index (κ2) is 5.17. The van der Waals surface area contributed by atoms with Gasteiger partial charge >= 0.3 is 5.97 Å². The quantitative estimate of drug-likeness (QED) is 0.798. The number of rotatable bonds is 4. The zero-order valence-electron chi connectivity index (χ0n) is 8.96. The molecule has 0 saturated carbocycles. The molecule has 3 nitrogen and oxygen atoms in total. The molecule has 0 amide bonds. The molecule has 1 heterocycles. The number of hydrogen-bond acceptors (Lipinski definition) is 3. The molecule has 1 atom stereocenters. The Morgan fingerprint density at radius 3 is 2.78 bits per heavy atom. The molecule has 0 spiro atoms. The predicted octanol–water partition coefficient (Wildman–Crippen LogP) is 3.10. The highest BCUT2D eigenvalue weighted by molar-refractivity contribution is 9.10. The molecule has 98 valence electrons. The van der Waals surface area contributed by atoms with Gasteiger partial charge in [0.1, 0.15) is 24.6 Å². The Kier molecular flexibility index (Phi) is 3.79. The molecule has 7 heteroatoms. The fourth-order valence-corrected chi connectivity index (χ4v) is 2.09. The van der Waals surface area contributed by atoms with Crippen LogP contribution in [0, 0.1) is 0 Å². The van der Waals surface area contributed by atoms with Gasteiger partial charge in [-0.25, -0.2) is 18.0 Å². The molecule has 2 rings (SSSR count). The van der Waals surface area contributed by atoms with E-state index in [1.54, 1.807) is 6.07 Å². The predicted molar refractivity (Wildman–Crippen MR) is 59.7 cm³/mol. The van der Waals surface area contributed by atoms with Gasteiger partial charge in [0, 0.05) is 10.0 Å². The van der Waals surface area contributed by atoms with Crippen molar-refractivity contribution in [3.8, 4) is 5.75 Å².